The fourth-order valence-corrected chi connectivity index (χ4v) is 3.82. The van der Waals surface area contributed by atoms with Crippen LogP contribution in [-0.2, 0) is 6.42 Å². The van der Waals surface area contributed by atoms with Gasteiger partial charge in [-0.25, -0.2) is 0 Å². The molecule has 17 heavy (non-hydrogen) atoms. The van der Waals surface area contributed by atoms with E-state index in [2.05, 4.69) is 46.3 Å². The van der Waals surface area contributed by atoms with Crippen molar-refractivity contribution in [1.82, 2.24) is 0 Å². The highest BCUT2D eigenvalue weighted by Gasteiger charge is 2.16. The smallest absolute Gasteiger partial charge is 0.0188 e. The molecular weight excluding hydrogens is 272 g/mol. The highest BCUT2D eigenvalue weighted by atomic mass is 79.9. The second-order valence-corrected chi connectivity index (χ2v) is 6.68. The second-order valence-electron chi connectivity index (χ2n) is 5.38. The van der Waals surface area contributed by atoms with Crippen molar-refractivity contribution in [3.63, 3.8) is 0 Å². The van der Waals surface area contributed by atoms with E-state index in [1.165, 1.54) is 56.9 Å². The van der Waals surface area contributed by atoms with Crippen LogP contribution in [0.1, 0.15) is 50.5 Å². The molecule has 0 radical (unpaired) electrons. The minimum absolute atomic E-state index is 0.660. The second kappa shape index (κ2) is 7.20. The van der Waals surface area contributed by atoms with Crippen molar-refractivity contribution in [3.8, 4) is 0 Å². The average molecular weight is 295 g/mol. The maximum absolute atomic E-state index is 3.88. The van der Waals surface area contributed by atoms with E-state index >= 15 is 0 Å². The number of rotatable bonds is 4. The molecule has 1 aromatic rings. The summed E-state index contributed by atoms with van der Waals surface area (Å²) in [4.78, 5) is 0.660. The van der Waals surface area contributed by atoms with Gasteiger partial charge in [0.05, 0.1) is 0 Å². The SMILES string of the molecule is BrC(Cc1ccccc1)CC1CCCCCC1. The fraction of sp³-hybridized carbons (Fsp3) is 0.625. The van der Waals surface area contributed by atoms with Crippen molar-refractivity contribution in [2.24, 2.45) is 5.92 Å². The Hall–Kier alpha value is -0.300. The van der Waals surface area contributed by atoms with Crippen molar-refractivity contribution >= 4 is 15.9 Å². The zero-order chi connectivity index (χ0) is 11.9. The number of benzene rings is 1. The van der Waals surface area contributed by atoms with Gasteiger partial charge in [0.2, 0.25) is 0 Å². The van der Waals surface area contributed by atoms with E-state index in [-0.39, 0.29) is 0 Å². The van der Waals surface area contributed by atoms with Crippen LogP contribution in [-0.4, -0.2) is 4.83 Å². The van der Waals surface area contributed by atoms with Crippen LogP contribution in [0.3, 0.4) is 0 Å². The van der Waals surface area contributed by atoms with Crippen molar-refractivity contribution in [2.75, 3.05) is 0 Å². The molecule has 1 fully saturated rings. The predicted molar refractivity (Wildman–Crippen MR) is 78.7 cm³/mol. The number of hydrogen-bond acceptors (Lipinski definition) is 0. The average Bonchev–Trinajstić information content (AvgIpc) is 2.59. The standard InChI is InChI=1S/C16H23Br/c17-16(13-15-10-6-3-7-11-15)12-14-8-4-1-2-5-9-14/h3,6-7,10-11,14,16H,1-2,4-5,8-9,12-13H2. The first-order chi connectivity index (χ1) is 8.34. The summed E-state index contributed by atoms with van der Waals surface area (Å²) in [6.45, 7) is 0. The van der Waals surface area contributed by atoms with E-state index in [4.69, 9.17) is 0 Å². The Balaban J connectivity index is 1.78. The summed E-state index contributed by atoms with van der Waals surface area (Å²) in [5, 5.41) is 0. The van der Waals surface area contributed by atoms with Crippen LogP contribution in [0, 0.1) is 5.92 Å². The first-order valence-electron chi connectivity index (χ1n) is 7.02. The maximum atomic E-state index is 3.88. The van der Waals surface area contributed by atoms with Crippen LogP contribution < -0.4 is 0 Å². The van der Waals surface area contributed by atoms with E-state index in [9.17, 15) is 0 Å². The molecule has 1 aliphatic carbocycles. The van der Waals surface area contributed by atoms with Gasteiger partial charge in [-0.05, 0) is 24.3 Å². The Bertz CT molecular complexity index is 299. The van der Waals surface area contributed by atoms with Crippen molar-refractivity contribution < 1.29 is 0 Å². The Labute approximate surface area is 114 Å². The van der Waals surface area contributed by atoms with E-state index < -0.39 is 0 Å². The zero-order valence-corrected chi connectivity index (χ0v) is 12.2. The van der Waals surface area contributed by atoms with E-state index in [1.807, 2.05) is 0 Å². The Morgan fingerprint density at radius 2 is 1.65 bits per heavy atom. The minimum Gasteiger partial charge on any atom is -0.0887 e. The molecule has 1 aromatic carbocycles. The number of alkyl halides is 1. The minimum atomic E-state index is 0.660. The summed E-state index contributed by atoms with van der Waals surface area (Å²) in [6.07, 6.45) is 11.3. The van der Waals surface area contributed by atoms with Gasteiger partial charge in [-0.1, -0.05) is 84.8 Å². The third-order valence-electron chi connectivity index (χ3n) is 3.86. The Morgan fingerprint density at radius 1 is 1.00 bits per heavy atom. The summed E-state index contributed by atoms with van der Waals surface area (Å²) >= 11 is 3.88. The maximum Gasteiger partial charge on any atom is 0.0188 e. The predicted octanol–water partition coefficient (Wildman–Crippen LogP) is 5.35. The largest absolute Gasteiger partial charge is 0.0887 e. The first-order valence-corrected chi connectivity index (χ1v) is 7.94. The van der Waals surface area contributed by atoms with Crippen molar-refractivity contribution in [3.05, 3.63) is 35.9 Å². The topological polar surface area (TPSA) is 0 Å². The van der Waals surface area contributed by atoms with E-state index in [0.717, 1.165) is 5.92 Å². The fourth-order valence-electron chi connectivity index (χ4n) is 2.91. The summed E-state index contributed by atoms with van der Waals surface area (Å²) in [6, 6.07) is 10.8. The summed E-state index contributed by atoms with van der Waals surface area (Å²) in [7, 11) is 0. The number of hydrogen-bond donors (Lipinski definition) is 0. The van der Waals surface area contributed by atoms with Crippen LogP contribution in [0.5, 0.6) is 0 Å². The molecule has 1 saturated carbocycles. The van der Waals surface area contributed by atoms with Gasteiger partial charge in [0, 0.05) is 4.83 Å². The zero-order valence-electron chi connectivity index (χ0n) is 10.6. The molecule has 1 aliphatic rings. The molecule has 0 heterocycles. The molecule has 0 N–H and O–H groups in total. The molecule has 0 bridgehead atoms. The number of halogens is 1. The van der Waals surface area contributed by atoms with Gasteiger partial charge in [-0.2, -0.15) is 0 Å². The molecule has 1 atom stereocenters. The monoisotopic (exact) mass is 294 g/mol. The normalized spacial score (nSPS) is 19.8. The van der Waals surface area contributed by atoms with Crippen LogP contribution in [0.25, 0.3) is 0 Å². The first kappa shape index (κ1) is 13.1. The van der Waals surface area contributed by atoms with Crippen molar-refractivity contribution in [1.29, 1.82) is 0 Å². The molecule has 94 valence electrons. The van der Waals surface area contributed by atoms with Gasteiger partial charge in [0.1, 0.15) is 0 Å². The molecule has 0 amide bonds. The Morgan fingerprint density at radius 3 is 2.29 bits per heavy atom. The van der Waals surface area contributed by atoms with Crippen LogP contribution in [0.15, 0.2) is 30.3 Å². The summed E-state index contributed by atoms with van der Waals surface area (Å²) < 4.78 is 0. The molecule has 0 saturated heterocycles. The molecule has 0 spiro atoms. The molecule has 1 unspecified atom stereocenters. The van der Waals surface area contributed by atoms with Gasteiger partial charge >= 0.3 is 0 Å². The van der Waals surface area contributed by atoms with Gasteiger partial charge in [0.25, 0.3) is 0 Å². The third-order valence-corrected chi connectivity index (χ3v) is 4.56. The molecule has 0 nitrogen and oxygen atoms in total. The van der Waals surface area contributed by atoms with Gasteiger partial charge in [-0.15, -0.1) is 0 Å². The lowest BCUT2D eigenvalue weighted by Gasteiger charge is -2.18. The van der Waals surface area contributed by atoms with Crippen LogP contribution in [0.4, 0.5) is 0 Å². The molecule has 1 heteroatoms. The van der Waals surface area contributed by atoms with Crippen LogP contribution >= 0.6 is 15.9 Å². The van der Waals surface area contributed by atoms with E-state index in [0.29, 0.717) is 4.83 Å². The molecule has 0 aromatic heterocycles. The van der Waals surface area contributed by atoms with Crippen molar-refractivity contribution in [2.45, 2.75) is 56.2 Å². The third kappa shape index (κ3) is 4.83. The highest BCUT2D eigenvalue weighted by Crippen LogP contribution is 2.29. The van der Waals surface area contributed by atoms with Gasteiger partial charge in [-0.3, -0.25) is 0 Å². The lowest BCUT2D eigenvalue weighted by Crippen LogP contribution is -2.10. The molecule has 2 rings (SSSR count). The highest BCUT2D eigenvalue weighted by molar-refractivity contribution is 9.09. The van der Waals surface area contributed by atoms with Gasteiger partial charge < -0.3 is 0 Å². The lowest BCUT2D eigenvalue weighted by atomic mass is 9.93. The van der Waals surface area contributed by atoms with Gasteiger partial charge in [0.15, 0.2) is 0 Å². The molecular formula is C16H23Br. The lowest BCUT2D eigenvalue weighted by molar-refractivity contribution is 0.423. The Kier molecular flexibility index (Phi) is 5.57. The molecule has 0 aliphatic heterocycles. The summed E-state index contributed by atoms with van der Waals surface area (Å²) in [5.74, 6) is 0.964. The quantitative estimate of drug-likeness (QED) is 0.518. The van der Waals surface area contributed by atoms with E-state index in [1.54, 1.807) is 0 Å². The van der Waals surface area contributed by atoms with Crippen LogP contribution in [0.2, 0.25) is 0 Å². The summed E-state index contributed by atoms with van der Waals surface area (Å²) in [5.41, 5.74) is 1.46.